The van der Waals surface area contributed by atoms with Crippen molar-refractivity contribution >= 4 is 21.9 Å². The van der Waals surface area contributed by atoms with Gasteiger partial charge in [0.2, 0.25) is 10.0 Å². The molecule has 0 radical (unpaired) electrons. The number of sulfonamides is 1. The number of hydrogen-bond acceptors (Lipinski definition) is 6. The largest absolute Gasteiger partial charge is 0.496 e. The van der Waals surface area contributed by atoms with Crippen molar-refractivity contribution in [2.45, 2.75) is 24.3 Å². The van der Waals surface area contributed by atoms with Crippen LogP contribution in [0.1, 0.15) is 23.7 Å². The van der Waals surface area contributed by atoms with Gasteiger partial charge in [0.05, 0.1) is 37.2 Å². The van der Waals surface area contributed by atoms with Crippen LogP contribution in [0.5, 0.6) is 5.75 Å². The van der Waals surface area contributed by atoms with Crippen LogP contribution in [0.25, 0.3) is 0 Å². The molecule has 0 aromatic heterocycles. The van der Waals surface area contributed by atoms with Gasteiger partial charge < -0.3 is 19.9 Å². The lowest BCUT2D eigenvalue weighted by molar-refractivity contribution is -0.137. The van der Waals surface area contributed by atoms with E-state index in [0.29, 0.717) is 13.2 Å². The Morgan fingerprint density at radius 1 is 1.35 bits per heavy atom. The molecule has 144 valence electrons. The summed E-state index contributed by atoms with van der Waals surface area (Å²) >= 11 is 0. The van der Waals surface area contributed by atoms with E-state index in [-0.39, 0.29) is 35.7 Å². The molecule has 1 amide bonds. The maximum absolute atomic E-state index is 12.7. The van der Waals surface area contributed by atoms with Gasteiger partial charge in [-0.1, -0.05) is 0 Å². The number of nitrogens with one attached hydrogen (secondary N) is 1. The van der Waals surface area contributed by atoms with Crippen molar-refractivity contribution in [3.05, 3.63) is 23.8 Å². The van der Waals surface area contributed by atoms with Crippen LogP contribution in [0.15, 0.2) is 23.1 Å². The van der Waals surface area contributed by atoms with Gasteiger partial charge in [0, 0.05) is 19.1 Å². The van der Waals surface area contributed by atoms with Gasteiger partial charge in [-0.15, -0.1) is 0 Å². The molecule has 1 heterocycles. The van der Waals surface area contributed by atoms with Gasteiger partial charge in [-0.25, -0.2) is 8.42 Å². The Balaban J connectivity index is 2.30. The van der Waals surface area contributed by atoms with Gasteiger partial charge in [0.25, 0.3) is 5.91 Å². The third-order valence-electron chi connectivity index (χ3n) is 3.88. The SMILES string of the molecule is COc1ccc(S(=O)(=O)N2CCOCC2)cc1C(=O)NC(C)CC(=O)O. The predicted octanol–water partition coefficient (Wildman–Crippen LogP) is 0.309. The molecule has 1 atom stereocenters. The summed E-state index contributed by atoms with van der Waals surface area (Å²) in [5, 5.41) is 11.3. The molecular weight excluding hydrogens is 364 g/mol. The van der Waals surface area contributed by atoms with Crippen LogP contribution in [-0.2, 0) is 19.6 Å². The first kappa shape index (κ1) is 20.1. The Morgan fingerprint density at radius 2 is 2.00 bits per heavy atom. The molecule has 10 heteroatoms. The number of amides is 1. The molecule has 1 aliphatic heterocycles. The molecule has 1 aromatic rings. The third kappa shape index (κ3) is 4.71. The molecule has 1 saturated heterocycles. The van der Waals surface area contributed by atoms with E-state index in [4.69, 9.17) is 14.6 Å². The minimum atomic E-state index is -3.77. The van der Waals surface area contributed by atoms with Crippen molar-refractivity contribution in [3.8, 4) is 5.75 Å². The van der Waals surface area contributed by atoms with E-state index in [1.807, 2.05) is 0 Å². The minimum Gasteiger partial charge on any atom is -0.496 e. The first-order valence-corrected chi connectivity index (χ1v) is 9.48. The number of rotatable bonds is 7. The third-order valence-corrected chi connectivity index (χ3v) is 5.78. The molecule has 1 aliphatic rings. The summed E-state index contributed by atoms with van der Waals surface area (Å²) in [7, 11) is -2.40. The number of aliphatic carboxylic acids is 1. The van der Waals surface area contributed by atoms with Crippen molar-refractivity contribution in [3.63, 3.8) is 0 Å². The topological polar surface area (TPSA) is 122 Å². The lowest BCUT2D eigenvalue weighted by Gasteiger charge is -2.26. The van der Waals surface area contributed by atoms with Gasteiger partial charge in [0.15, 0.2) is 0 Å². The van der Waals surface area contributed by atoms with Crippen LogP contribution in [0.2, 0.25) is 0 Å². The van der Waals surface area contributed by atoms with Crippen LogP contribution in [0.4, 0.5) is 0 Å². The average Bonchev–Trinajstić information content (AvgIpc) is 2.61. The summed E-state index contributed by atoms with van der Waals surface area (Å²) in [6.45, 7) is 2.66. The van der Waals surface area contributed by atoms with E-state index in [1.165, 1.54) is 29.6 Å². The number of carbonyl (C=O) groups is 2. The summed E-state index contributed by atoms with van der Waals surface area (Å²) in [4.78, 5) is 23.2. The zero-order chi connectivity index (χ0) is 19.3. The Kier molecular flexibility index (Phi) is 6.57. The van der Waals surface area contributed by atoms with E-state index in [2.05, 4.69) is 5.32 Å². The van der Waals surface area contributed by atoms with E-state index < -0.39 is 27.9 Å². The number of morpholine rings is 1. The van der Waals surface area contributed by atoms with Crippen molar-refractivity contribution in [1.29, 1.82) is 0 Å². The molecule has 1 fully saturated rings. The number of hydrogen-bond donors (Lipinski definition) is 2. The van der Waals surface area contributed by atoms with Gasteiger partial charge in [-0.2, -0.15) is 4.31 Å². The molecule has 9 nitrogen and oxygen atoms in total. The normalized spacial score (nSPS) is 16.7. The number of ether oxygens (including phenoxy) is 2. The summed E-state index contributed by atoms with van der Waals surface area (Å²) in [5.74, 6) is -1.45. The average molecular weight is 386 g/mol. The van der Waals surface area contributed by atoms with Gasteiger partial charge in [-0.3, -0.25) is 9.59 Å². The zero-order valence-electron chi connectivity index (χ0n) is 14.6. The van der Waals surface area contributed by atoms with Crippen LogP contribution >= 0.6 is 0 Å². The number of carbonyl (C=O) groups excluding carboxylic acids is 1. The fraction of sp³-hybridized carbons (Fsp3) is 0.500. The lowest BCUT2D eigenvalue weighted by atomic mass is 10.1. The quantitative estimate of drug-likeness (QED) is 0.691. The second-order valence-electron chi connectivity index (χ2n) is 5.85. The van der Waals surface area contributed by atoms with Crippen molar-refractivity contribution < 1.29 is 32.6 Å². The second kappa shape index (κ2) is 8.47. The van der Waals surface area contributed by atoms with Crippen molar-refractivity contribution in [2.75, 3.05) is 33.4 Å². The maximum atomic E-state index is 12.7. The fourth-order valence-corrected chi connectivity index (χ4v) is 4.01. The monoisotopic (exact) mass is 386 g/mol. The molecular formula is C16H22N2O7S. The molecule has 2 rings (SSSR count). The van der Waals surface area contributed by atoms with Crippen LogP contribution in [-0.4, -0.2) is 69.2 Å². The Labute approximate surface area is 151 Å². The summed E-state index contributed by atoms with van der Waals surface area (Å²) in [5.41, 5.74) is 0.0269. The van der Waals surface area contributed by atoms with E-state index in [9.17, 15) is 18.0 Å². The standard InChI is InChI=1S/C16H22N2O7S/c1-11(9-15(19)20)17-16(21)13-10-12(3-4-14(13)24-2)26(22,23)18-5-7-25-8-6-18/h3-4,10-11H,5-9H2,1-2H3,(H,17,21)(H,19,20). The van der Waals surface area contributed by atoms with Crippen LogP contribution in [0.3, 0.4) is 0 Å². The molecule has 0 saturated carbocycles. The molecule has 0 bridgehead atoms. The number of carboxylic acids is 1. The Morgan fingerprint density at radius 3 is 2.58 bits per heavy atom. The summed E-state index contributed by atoms with van der Waals surface area (Å²) in [6, 6.07) is 3.40. The summed E-state index contributed by atoms with van der Waals surface area (Å²) in [6.07, 6.45) is -0.250. The molecule has 1 unspecified atom stereocenters. The Hall–Kier alpha value is -2.17. The zero-order valence-corrected chi connectivity index (χ0v) is 15.4. The molecule has 0 aliphatic carbocycles. The van der Waals surface area contributed by atoms with Crippen LogP contribution < -0.4 is 10.1 Å². The molecule has 0 spiro atoms. The van der Waals surface area contributed by atoms with Crippen molar-refractivity contribution in [1.82, 2.24) is 9.62 Å². The first-order chi connectivity index (χ1) is 12.3. The van der Waals surface area contributed by atoms with Gasteiger partial charge >= 0.3 is 5.97 Å². The fourth-order valence-electron chi connectivity index (χ4n) is 2.58. The predicted molar refractivity (Wildman–Crippen MR) is 91.8 cm³/mol. The number of carboxylic acid groups (broad SMARTS) is 1. The first-order valence-electron chi connectivity index (χ1n) is 8.04. The van der Waals surface area contributed by atoms with E-state index in [0.717, 1.165) is 0 Å². The number of methoxy groups -OCH3 is 1. The van der Waals surface area contributed by atoms with Gasteiger partial charge in [0.1, 0.15) is 5.75 Å². The smallest absolute Gasteiger partial charge is 0.305 e. The minimum absolute atomic E-state index is 0.0269. The number of benzene rings is 1. The Bertz CT molecular complexity index is 773. The lowest BCUT2D eigenvalue weighted by Crippen LogP contribution is -2.40. The molecule has 26 heavy (non-hydrogen) atoms. The highest BCUT2D eigenvalue weighted by molar-refractivity contribution is 7.89. The molecule has 2 N–H and O–H groups in total. The van der Waals surface area contributed by atoms with E-state index in [1.54, 1.807) is 6.92 Å². The second-order valence-corrected chi connectivity index (χ2v) is 7.79. The molecule has 1 aromatic carbocycles. The highest BCUT2D eigenvalue weighted by Gasteiger charge is 2.28. The van der Waals surface area contributed by atoms with Crippen LogP contribution in [0, 0.1) is 0 Å². The summed E-state index contributed by atoms with van der Waals surface area (Å²) < 4.78 is 37.1. The van der Waals surface area contributed by atoms with E-state index >= 15 is 0 Å². The van der Waals surface area contributed by atoms with Crippen molar-refractivity contribution in [2.24, 2.45) is 0 Å². The van der Waals surface area contributed by atoms with Gasteiger partial charge in [-0.05, 0) is 25.1 Å². The highest BCUT2D eigenvalue weighted by atomic mass is 32.2. The highest BCUT2D eigenvalue weighted by Crippen LogP contribution is 2.25. The number of nitrogens with zero attached hydrogens (tertiary/aromatic N) is 1. The maximum Gasteiger partial charge on any atom is 0.305 e.